The Labute approximate surface area is 192 Å². The first kappa shape index (κ1) is 22.5. The number of amides is 3. The zero-order valence-electron chi connectivity index (χ0n) is 18.8. The predicted molar refractivity (Wildman–Crippen MR) is 129 cm³/mol. The number of carbonyl (C=O) groups excluding carboxylic acids is 3. The van der Waals surface area contributed by atoms with E-state index in [4.69, 9.17) is 5.73 Å². The van der Waals surface area contributed by atoms with Gasteiger partial charge in [-0.05, 0) is 60.8 Å². The Bertz CT molecular complexity index is 1220. The molecule has 3 aromatic rings. The van der Waals surface area contributed by atoms with Crippen molar-refractivity contribution >= 4 is 34.2 Å². The molecule has 0 fully saturated rings. The maximum Gasteiger partial charge on any atom is 0.249 e. The molecule has 33 heavy (non-hydrogen) atoms. The van der Waals surface area contributed by atoms with Gasteiger partial charge in [0.05, 0.1) is 12.6 Å². The van der Waals surface area contributed by atoms with Gasteiger partial charge in [-0.15, -0.1) is 0 Å². The van der Waals surface area contributed by atoms with E-state index in [1.807, 2.05) is 48.5 Å². The second-order valence-electron chi connectivity index (χ2n) is 8.35. The van der Waals surface area contributed by atoms with E-state index in [-0.39, 0.29) is 11.8 Å². The van der Waals surface area contributed by atoms with Crippen molar-refractivity contribution < 1.29 is 14.4 Å². The van der Waals surface area contributed by atoms with E-state index in [0.29, 0.717) is 24.9 Å². The molecule has 0 bridgehead atoms. The molecule has 0 aromatic heterocycles. The molecule has 0 saturated heterocycles. The minimum absolute atomic E-state index is 0.153. The van der Waals surface area contributed by atoms with E-state index in [1.54, 1.807) is 31.0 Å². The number of nitrogens with two attached hydrogens (primary N) is 1. The number of carbonyl (C=O) groups is 3. The van der Waals surface area contributed by atoms with Gasteiger partial charge in [0.25, 0.3) is 0 Å². The van der Waals surface area contributed by atoms with Crippen molar-refractivity contribution in [1.82, 2.24) is 10.6 Å². The summed E-state index contributed by atoms with van der Waals surface area (Å²) in [4.78, 5) is 39.9. The highest BCUT2D eigenvalue weighted by Crippen LogP contribution is 2.31. The SMILES string of the molecule is CN[C@@H](C)C(=O)NC1CCc2ccccc2N(Cc2cccc3c(C(N)=O)cccc23)C1=O. The monoisotopic (exact) mass is 444 g/mol. The third-order valence-corrected chi connectivity index (χ3v) is 6.30. The Morgan fingerprint density at radius 2 is 1.79 bits per heavy atom. The minimum atomic E-state index is -0.628. The number of benzene rings is 3. The standard InChI is InChI=1S/C26H28N4O3/c1-16(28-2)25(32)29-22-14-13-17-7-3-4-12-23(17)30(26(22)33)15-18-8-5-10-20-19(18)9-6-11-21(20)24(27)31/h3-12,16,22,28H,13-15H2,1-2H3,(H2,27,31)(H,29,32)/t16-,22?/m0/s1. The molecule has 170 valence electrons. The van der Waals surface area contributed by atoms with Crippen molar-refractivity contribution in [3.8, 4) is 0 Å². The second kappa shape index (κ2) is 9.42. The largest absolute Gasteiger partial charge is 0.366 e. The van der Waals surface area contributed by atoms with E-state index in [1.165, 1.54) is 0 Å². The summed E-state index contributed by atoms with van der Waals surface area (Å²) < 4.78 is 0. The van der Waals surface area contributed by atoms with Gasteiger partial charge in [-0.3, -0.25) is 14.4 Å². The van der Waals surface area contributed by atoms with Gasteiger partial charge in [0.15, 0.2) is 0 Å². The van der Waals surface area contributed by atoms with Crippen molar-refractivity contribution in [1.29, 1.82) is 0 Å². The molecule has 3 aromatic carbocycles. The maximum atomic E-state index is 13.7. The summed E-state index contributed by atoms with van der Waals surface area (Å²) in [7, 11) is 1.71. The zero-order chi connectivity index (χ0) is 23.5. The first-order valence-electron chi connectivity index (χ1n) is 11.1. The molecule has 7 nitrogen and oxygen atoms in total. The summed E-state index contributed by atoms with van der Waals surface area (Å²) in [6.07, 6.45) is 1.20. The second-order valence-corrected chi connectivity index (χ2v) is 8.35. The summed E-state index contributed by atoms with van der Waals surface area (Å²) >= 11 is 0. The third-order valence-electron chi connectivity index (χ3n) is 6.30. The summed E-state index contributed by atoms with van der Waals surface area (Å²) in [5, 5.41) is 7.45. The van der Waals surface area contributed by atoms with Gasteiger partial charge in [0, 0.05) is 11.3 Å². The molecule has 2 atom stereocenters. The van der Waals surface area contributed by atoms with Crippen LogP contribution in [-0.4, -0.2) is 36.9 Å². The van der Waals surface area contributed by atoms with Gasteiger partial charge in [-0.25, -0.2) is 0 Å². The Balaban J connectivity index is 1.74. The van der Waals surface area contributed by atoms with Crippen LogP contribution in [0.1, 0.15) is 34.8 Å². The van der Waals surface area contributed by atoms with Crippen LogP contribution >= 0.6 is 0 Å². The minimum Gasteiger partial charge on any atom is -0.366 e. The third kappa shape index (κ3) is 4.45. The lowest BCUT2D eigenvalue weighted by Crippen LogP contribution is -2.52. The smallest absolute Gasteiger partial charge is 0.249 e. The first-order valence-corrected chi connectivity index (χ1v) is 11.1. The van der Waals surface area contributed by atoms with Crippen molar-refractivity contribution in [2.24, 2.45) is 5.73 Å². The van der Waals surface area contributed by atoms with Gasteiger partial charge in [0.2, 0.25) is 17.7 Å². The van der Waals surface area contributed by atoms with E-state index in [2.05, 4.69) is 10.6 Å². The molecule has 0 radical (unpaired) electrons. The number of hydrogen-bond donors (Lipinski definition) is 3. The lowest BCUT2D eigenvalue weighted by atomic mass is 9.99. The highest BCUT2D eigenvalue weighted by Gasteiger charge is 2.32. The molecular weight excluding hydrogens is 416 g/mol. The highest BCUT2D eigenvalue weighted by molar-refractivity contribution is 6.07. The van der Waals surface area contributed by atoms with Crippen LogP contribution < -0.4 is 21.3 Å². The van der Waals surface area contributed by atoms with Gasteiger partial charge < -0.3 is 21.3 Å². The van der Waals surface area contributed by atoms with Crippen LogP contribution in [0.2, 0.25) is 0 Å². The molecule has 4 N–H and O–H groups in total. The fourth-order valence-electron chi connectivity index (χ4n) is 4.34. The fraction of sp³-hybridized carbons (Fsp3) is 0.269. The van der Waals surface area contributed by atoms with Gasteiger partial charge in [-0.1, -0.05) is 48.5 Å². The van der Waals surface area contributed by atoms with Crippen LogP contribution in [0.15, 0.2) is 60.7 Å². The number of aryl methyl sites for hydroxylation is 1. The molecule has 1 heterocycles. The summed E-state index contributed by atoms with van der Waals surface area (Å²) in [6, 6.07) is 17.9. The van der Waals surface area contributed by atoms with Crippen LogP contribution in [-0.2, 0) is 22.6 Å². The quantitative estimate of drug-likeness (QED) is 0.543. The van der Waals surface area contributed by atoms with Crippen molar-refractivity contribution in [3.05, 3.63) is 77.4 Å². The number of fused-ring (bicyclic) bond motifs is 2. The Morgan fingerprint density at radius 3 is 2.55 bits per heavy atom. The zero-order valence-corrected chi connectivity index (χ0v) is 18.8. The molecule has 0 spiro atoms. The number of likely N-dealkylation sites (N-methyl/N-ethyl adjacent to an activating group) is 1. The summed E-state index contributed by atoms with van der Waals surface area (Å²) in [6.45, 7) is 2.07. The van der Waals surface area contributed by atoms with E-state index < -0.39 is 18.0 Å². The first-order chi connectivity index (χ1) is 15.9. The van der Waals surface area contributed by atoms with Crippen molar-refractivity contribution in [3.63, 3.8) is 0 Å². The van der Waals surface area contributed by atoms with Crippen LogP contribution in [0.3, 0.4) is 0 Å². The molecular formula is C26H28N4O3. The fourth-order valence-corrected chi connectivity index (χ4v) is 4.34. The molecule has 7 heteroatoms. The van der Waals surface area contributed by atoms with E-state index in [9.17, 15) is 14.4 Å². The van der Waals surface area contributed by atoms with Crippen LogP contribution in [0, 0.1) is 0 Å². The normalized spacial score (nSPS) is 16.7. The predicted octanol–water partition coefficient (Wildman–Crippen LogP) is 2.51. The van der Waals surface area contributed by atoms with E-state index in [0.717, 1.165) is 27.6 Å². The molecule has 4 rings (SSSR count). The molecule has 0 aliphatic carbocycles. The van der Waals surface area contributed by atoms with Crippen LogP contribution in [0.5, 0.6) is 0 Å². The van der Waals surface area contributed by atoms with E-state index >= 15 is 0 Å². The molecule has 3 amide bonds. The number of rotatable bonds is 6. The average molecular weight is 445 g/mol. The molecule has 1 aliphatic rings. The number of nitrogens with one attached hydrogen (secondary N) is 2. The topological polar surface area (TPSA) is 105 Å². The maximum absolute atomic E-state index is 13.7. The van der Waals surface area contributed by atoms with Gasteiger partial charge in [-0.2, -0.15) is 0 Å². The Morgan fingerprint density at radius 1 is 1.06 bits per heavy atom. The van der Waals surface area contributed by atoms with Gasteiger partial charge in [0.1, 0.15) is 6.04 Å². The summed E-state index contributed by atoms with van der Waals surface area (Å²) in [5.41, 5.74) is 8.81. The lowest BCUT2D eigenvalue weighted by molar-refractivity contribution is -0.128. The Kier molecular flexibility index (Phi) is 6.42. The Hall–Kier alpha value is -3.71. The number of para-hydroxylation sites is 1. The number of nitrogens with zero attached hydrogens (tertiary/aromatic N) is 1. The highest BCUT2D eigenvalue weighted by atomic mass is 16.2. The molecule has 1 aliphatic heterocycles. The van der Waals surface area contributed by atoms with Crippen molar-refractivity contribution in [2.45, 2.75) is 38.4 Å². The number of hydrogen-bond acceptors (Lipinski definition) is 4. The summed E-state index contributed by atoms with van der Waals surface area (Å²) in [5.74, 6) is -0.854. The molecule has 0 saturated carbocycles. The van der Waals surface area contributed by atoms with Crippen LogP contribution in [0.25, 0.3) is 10.8 Å². The molecule has 1 unspecified atom stereocenters. The van der Waals surface area contributed by atoms with Crippen molar-refractivity contribution in [2.75, 3.05) is 11.9 Å². The lowest BCUT2D eigenvalue weighted by Gasteiger charge is -2.27. The van der Waals surface area contributed by atoms with Crippen LogP contribution in [0.4, 0.5) is 5.69 Å². The average Bonchev–Trinajstić information content (AvgIpc) is 2.95. The number of anilines is 1. The van der Waals surface area contributed by atoms with Gasteiger partial charge >= 0.3 is 0 Å². The number of primary amides is 1.